The van der Waals surface area contributed by atoms with Crippen LogP contribution in [0.4, 0.5) is 0 Å². The standard InChI is InChI=1S/C22H33NO4/c1-4-22(2,3)19(24)20(25)23-15-9-8-14-18(23)21(26)27-16-10-13-17-11-6-5-7-12-17/h5-7,11-12,18-19,24H,4,8-10,13-16H2,1-3H3/t18-,19?/m0/s1. The molecule has 150 valence electrons. The van der Waals surface area contributed by atoms with E-state index in [1.807, 2.05) is 39.0 Å². The fourth-order valence-corrected chi connectivity index (χ4v) is 3.31. The number of aliphatic hydroxyl groups excluding tert-OH is 1. The molecule has 0 saturated carbocycles. The number of rotatable bonds is 8. The lowest BCUT2D eigenvalue weighted by atomic mass is 9.82. The predicted molar refractivity (Wildman–Crippen MR) is 105 cm³/mol. The van der Waals surface area contributed by atoms with Crippen LogP contribution >= 0.6 is 0 Å². The third-order valence-corrected chi connectivity index (χ3v) is 5.64. The minimum absolute atomic E-state index is 0.343. The van der Waals surface area contributed by atoms with E-state index in [-0.39, 0.29) is 11.9 Å². The zero-order chi connectivity index (χ0) is 19.9. The molecule has 0 aliphatic carbocycles. The Bertz CT molecular complexity index is 614. The van der Waals surface area contributed by atoms with Crippen LogP contribution in [0.15, 0.2) is 30.3 Å². The van der Waals surface area contributed by atoms with Gasteiger partial charge in [0.2, 0.25) is 0 Å². The number of piperidine rings is 1. The highest BCUT2D eigenvalue weighted by Crippen LogP contribution is 2.28. The zero-order valence-corrected chi connectivity index (χ0v) is 16.8. The molecule has 2 atom stereocenters. The molecule has 0 bridgehead atoms. The highest BCUT2D eigenvalue weighted by atomic mass is 16.5. The van der Waals surface area contributed by atoms with Crippen LogP contribution in [-0.4, -0.2) is 47.2 Å². The van der Waals surface area contributed by atoms with E-state index in [4.69, 9.17) is 4.74 Å². The number of aliphatic hydroxyl groups is 1. The Morgan fingerprint density at radius 1 is 1.26 bits per heavy atom. The van der Waals surface area contributed by atoms with Gasteiger partial charge in [0.25, 0.3) is 5.91 Å². The van der Waals surface area contributed by atoms with Gasteiger partial charge in [-0.05, 0) is 49.5 Å². The number of esters is 1. The van der Waals surface area contributed by atoms with Crippen molar-refractivity contribution in [1.82, 2.24) is 4.90 Å². The molecule has 27 heavy (non-hydrogen) atoms. The van der Waals surface area contributed by atoms with Gasteiger partial charge in [-0.25, -0.2) is 4.79 Å². The molecular weight excluding hydrogens is 342 g/mol. The van der Waals surface area contributed by atoms with Gasteiger partial charge in [0.1, 0.15) is 12.1 Å². The zero-order valence-electron chi connectivity index (χ0n) is 16.8. The fourth-order valence-electron chi connectivity index (χ4n) is 3.31. The van der Waals surface area contributed by atoms with Crippen LogP contribution in [0.2, 0.25) is 0 Å². The van der Waals surface area contributed by atoms with Gasteiger partial charge in [-0.2, -0.15) is 0 Å². The molecule has 5 heteroatoms. The lowest BCUT2D eigenvalue weighted by Gasteiger charge is -2.38. The van der Waals surface area contributed by atoms with E-state index in [1.54, 1.807) is 0 Å². The second kappa shape index (κ2) is 9.88. The molecule has 1 aromatic rings. The van der Waals surface area contributed by atoms with Gasteiger partial charge in [-0.1, -0.05) is 51.1 Å². The summed E-state index contributed by atoms with van der Waals surface area (Å²) in [7, 11) is 0. The Morgan fingerprint density at radius 2 is 1.96 bits per heavy atom. The number of nitrogens with zero attached hydrogens (tertiary/aromatic N) is 1. The maximum Gasteiger partial charge on any atom is 0.328 e. The molecule has 5 nitrogen and oxygen atoms in total. The summed E-state index contributed by atoms with van der Waals surface area (Å²) in [6.07, 6.45) is 3.52. The number of ether oxygens (including phenoxy) is 1. The monoisotopic (exact) mass is 375 g/mol. The summed E-state index contributed by atoms with van der Waals surface area (Å²) in [5, 5.41) is 10.5. The molecule has 1 unspecified atom stereocenters. The van der Waals surface area contributed by atoms with Crippen molar-refractivity contribution >= 4 is 11.9 Å². The van der Waals surface area contributed by atoms with Gasteiger partial charge < -0.3 is 14.7 Å². The Labute approximate surface area is 162 Å². The van der Waals surface area contributed by atoms with Gasteiger partial charge in [0, 0.05) is 6.54 Å². The summed E-state index contributed by atoms with van der Waals surface area (Å²) in [6.45, 7) is 6.53. The first-order valence-electron chi connectivity index (χ1n) is 10.1. The molecule has 0 aromatic heterocycles. The molecule has 1 N–H and O–H groups in total. The van der Waals surface area contributed by atoms with Crippen molar-refractivity contribution < 1.29 is 19.4 Å². The molecule has 1 aliphatic heterocycles. The van der Waals surface area contributed by atoms with Crippen LogP contribution in [0.1, 0.15) is 58.4 Å². The summed E-state index contributed by atoms with van der Waals surface area (Å²) in [5.74, 6) is -0.703. The summed E-state index contributed by atoms with van der Waals surface area (Å²) in [6, 6.07) is 9.50. The molecule has 0 spiro atoms. The minimum atomic E-state index is -1.10. The highest BCUT2D eigenvalue weighted by molar-refractivity contribution is 5.87. The van der Waals surface area contributed by atoms with E-state index in [1.165, 1.54) is 10.5 Å². The molecule has 1 aliphatic rings. The number of hydrogen-bond donors (Lipinski definition) is 1. The Balaban J connectivity index is 1.89. The van der Waals surface area contributed by atoms with Crippen LogP contribution in [0.3, 0.4) is 0 Å². The topological polar surface area (TPSA) is 66.8 Å². The average molecular weight is 376 g/mol. The van der Waals surface area contributed by atoms with Crippen molar-refractivity contribution in [3.05, 3.63) is 35.9 Å². The van der Waals surface area contributed by atoms with Crippen LogP contribution in [0.5, 0.6) is 0 Å². The number of likely N-dealkylation sites (tertiary alicyclic amines) is 1. The third-order valence-electron chi connectivity index (χ3n) is 5.64. The van der Waals surface area contributed by atoms with Gasteiger partial charge >= 0.3 is 5.97 Å². The highest BCUT2D eigenvalue weighted by Gasteiger charge is 2.40. The van der Waals surface area contributed by atoms with Crippen molar-refractivity contribution in [1.29, 1.82) is 0 Å². The SMILES string of the molecule is CCC(C)(C)C(O)C(=O)N1CCCC[C@H]1C(=O)OCCCc1ccccc1. The summed E-state index contributed by atoms with van der Waals surface area (Å²) < 4.78 is 5.46. The van der Waals surface area contributed by atoms with E-state index in [0.29, 0.717) is 26.0 Å². The lowest BCUT2D eigenvalue weighted by molar-refractivity contribution is -0.163. The van der Waals surface area contributed by atoms with Crippen LogP contribution in [0.25, 0.3) is 0 Å². The molecule has 0 radical (unpaired) electrons. The van der Waals surface area contributed by atoms with Gasteiger partial charge in [-0.15, -0.1) is 0 Å². The first-order valence-corrected chi connectivity index (χ1v) is 10.1. The molecule has 1 amide bonds. The second-order valence-electron chi connectivity index (χ2n) is 8.04. The van der Waals surface area contributed by atoms with E-state index < -0.39 is 17.6 Å². The Kier molecular flexibility index (Phi) is 7.84. The molecule has 1 aromatic carbocycles. The normalized spacial score (nSPS) is 18.8. The van der Waals surface area contributed by atoms with Crippen molar-refractivity contribution in [3.8, 4) is 0 Å². The van der Waals surface area contributed by atoms with Crippen molar-refractivity contribution in [2.45, 2.75) is 71.4 Å². The number of amides is 1. The largest absolute Gasteiger partial charge is 0.464 e. The fraction of sp³-hybridized carbons (Fsp3) is 0.636. The summed E-state index contributed by atoms with van der Waals surface area (Å²) in [5.41, 5.74) is 0.700. The number of benzene rings is 1. The van der Waals surface area contributed by atoms with E-state index in [2.05, 4.69) is 12.1 Å². The van der Waals surface area contributed by atoms with Gasteiger partial charge in [-0.3, -0.25) is 4.79 Å². The van der Waals surface area contributed by atoms with Crippen LogP contribution < -0.4 is 0 Å². The minimum Gasteiger partial charge on any atom is -0.464 e. The summed E-state index contributed by atoms with van der Waals surface area (Å²) >= 11 is 0. The Morgan fingerprint density at radius 3 is 2.63 bits per heavy atom. The number of carbonyl (C=O) groups excluding carboxylic acids is 2. The third kappa shape index (κ3) is 5.80. The molecule has 2 rings (SSSR count). The van der Waals surface area contributed by atoms with Gasteiger partial charge in [0.15, 0.2) is 0 Å². The van der Waals surface area contributed by atoms with Crippen molar-refractivity contribution in [2.24, 2.45) is 5.41 Å². The molecular formula is C22H33NO4. The molecule has 1 saturated heterocycles. The van der Waals surface area contributed by atoms with Crippen molar-refractivity contribution in [3.63, 3.8) is 0 Å². The Hall–Kier alpha value is -1.88. The lowest BCUT2D eigenvalue weighted by Crippen LogP contribution is -2.54. The maximum absolute atomic E-state index is 12.8. The second-order valence-corrected chi connectivity index (χ2v) is 8.04. The maximum atomic E-state index is 12.8. The van der Waals surface area contributed by atoms with Crippen molar-refractivity contribution in [2.75, 3.05) is 13.2 Å². The van der Waals surface area contributed by atoms with E-state index in [0.717, 1.165) is 25.7 Å². The van der Waals surface area contributed by atoms with E-state index in [9.17, 15) is 14.7 Å². The van der Waals surface area contributed by atoms with Gasteiger partial charge in [0.05, 0.1) is 6.61 Å². The first kappa shape index (κ1) is 21.4. The van der Waals surface area contributed by atoms with Crippen LogP contribution in [0, 0.1) is 5.41 Å². The first-order chi connectivity index (χ1) is 12.9. The summed E-state index contributed by atoms with van der Waals surface area (Å²) in [4.78, 5) is 26.9. The molecule has 1 fully saturated rings. The predicted octanol–water partition coefficient (Wildman–Crippen LogP) is 3.34. The number of carbonyl (C=O) groups is 2. The molecule has 1 heterocycles. The van der Waals surface area contributed by atoms with Crippen LogP contribution in [-0.2, 0) is 20.7 Å². The number of aryl methyl sites for hydroxylation is 1. The smallest absolute Gasteiger partial charge is 0.328 e. The quantitative estimate of drug-likeness (QED) is 0.559. The average Bonchev–Trinajstić information content (AvgIpc) is 2.70. The number of hydrogen-bond acceptors (Lipinski definition) is 4. The van der Waals surface area contributed by atoms with E-state index >= 15 is 0 Å².